The Balaban J connectivity index is 1.53. The lowest BCUT2D eigenvalue weighted by atomic mass is 10.0. The molecule has 3 aromatic rings. The topological polar surface area (TPSA) is 78.8 Å². The Hall–Kier alpha value is -2.61. The normalized spacial score (nSPS) is 21.9. The Bertz CT molecular complexity index is 1120. The van der Waals surface area contributed by atoms with Crippen LogP contribution < -0.4 is 5.32 Å². The fraction of sp³-hybridized carbons (Fsp3) is 0.476. The third-order valence-electron chi connectivity index (χ3n) is 6.18. The van der Waals surface area contributed by atoms with Crippen molar-refractivity contribution in [1.82, 2.24) is 24.6 Å². The van der Waals surface area contributed by atoms with Crippen LogP contribution in [0.2, 0.25) is 5.02 Å². The lowest BCUT2D eigenvalue weighted by Crippen LogP contribution is -2.45. The molecule has 1 saturated carbocycles. The van der Waals surface area contributed by atoms with Crippen LogP contribution in [0, 0.1) is 6.92 Å². The van der Waals surface area contributed by atoms with E-state index in [0.29, 0.717) is 24.0 Å². The van der Waals surface area contributed by atoms with Crippen LogP contribution in [0.3, 0.4) is 0 Å². The summed E-state index contributed by atoms with van der Waals surface area (Å²) in [6.45, 7) is 4.08. The van der Waals surface area contributed by atoms with Gasteiger partial charge in [0, 0.05) is 48.7 Å². The molecule has 1 amide bonds. The largest absolute Gasteiger partial charge is 0.381 e. The van der Waals surface area contributed by atoms with E-state index in [2.05, 4.69) is 20.4 Å². The smallest absolute Gasteiger partial charge is 0.219 e. The van der Waals surface area contributed by atoms with E-state index in [1.54, 1.807) is 22.0 Å². The maximum atomic E-state index is 14.9. The number of pyridine rings is 1. The molecule has 2 N–H and O–H groups in total. The SMILES string of the molecule is CC(=O)N1CC[C@H](n2ncc(-c3cnc4[nH]cc(Cl)c4c3NC3CC3)c2C)[C@@H](F)C1. The highest BCUT2D eigenvalue weighted by atomic mass is 35.5. The molecule has 2 aliphatic rings. The molecule has 0 aromatic carbocycles. The van der Waals surface area contributed by atoms with Crippen molar-refractivity contribution >= 4 is 34.2 Å². The van der Waals surface area contributed by atoms with Crippen molar-refractivity contribution < 1.29 is 9.18 Å². The fourth-order valence-electron chi connectivity index (χ4n) is 4.32. The molecule has 1 saturated heterocycles. The molecule has 7 nitrogen and oxygen atoms in total. The monoisotopic (exact) mass is 430 g/mol. The van der Waals surface area contributed by atoms with Gasteiger partial charge in [0.2, 0.25) is 5.91 Å². The summed E-state index contributed by atoms with van der Waals surface area (Å²) < 4.78 is 16.7. The summed E-state index contributed by atoms with van der Waals surface area (Å²) >= 11 is 6.45. The first kappa shape index (κ1) is 19.4. The Kier molecular flexibility index (Phi) is 4.69. The van der Waals surface area contributed by atoms with Gasteiger partial charge in [-0.05, 0) is 26.2 Å². The van der Waals surface area contributed by atoms with Gasteiger partial charge in [0.05, 0.1) is 34.9 Å². The van der Waals surface area contributed by atoms with E-state index in [4.69, 9.17) is 11.6 Å². The number of piperidine rings is 1. The van der Waals surface area contributed by atoms with Crippen LogP contribution >= 0.6 is 11.6 Å². The second kappa shape index (κ2) is 7.27. The van der Waals surface area contributed by atoms with Crippen molar-refractivity contribution in [2.45, 2.75) is 51.4 Å². The van der Waals surface area contributed by atoms with Crippen LogP contribution in [0.5, 0.6) is 0 Å². The molecule has 2 atom stereocenters. The molecule has 1 aliphatic heterocycles. The average Bonchev–Trinajstić information content (AvgIpc) is 3.35. The van der Waals surface area contributed by atoms with Gasteiger partial charge in [0.15, 0.2) is 0 Å². The van der Waals surface area contributed by atoms with Crippen molar-refractivity contribution in [3.8, 4) is 11.1 Å². The number of aromatic nitrogens is 4. The number of hydrogen-bond acceptors (Lipinski definition) is 4. The minimum atomic E-state index is -1.15. The lowest BCUT2D eigenvalue weighted by molar-refractivity contribution is -0.131. The zero-order valence-electron chi connectivity index (χ0n) is 17.0. The molecule has 2 fully saturated rings. The van der Waals surface area contributed by atoms with E-state index < -0.39 is 6.17 Å². The third kappa shape index (κ3) is 3.23. The van der Waals surface area contributed by atoms with Gasteiger partial charge in [-0.2, -0.15) is 5.10 Å². The predicted molar refractivity (Wildman–Crippen MR) is 115 cm³/mol. The van der Waals surface area contributed by atoms with Crippen LogP contribution in [0.15, 0.2) is 18.6 Å². The predicted octanol–water partition coefficient (Wildman–Crippen LogP) is 4.09. The number of anilines is 1. The molecule has 3 aromatic heterocycles. The Morgan fingerprint density at radius 2 is 2.10 bits per heavy atom. The van der Waals surface area contributed by atoms with Gasteiger partial charge >= 0.3 is 0 Å². The Morgan fingerprint density at radius 3 is 2.80 bits per heavy atom. The van der Waals surface area contributed by atoms with Gasteiger partial charge < -0.3 is 15.2 Å². The molecule has 158 valence electrons. The highest BCUT2D eigenvalue weighted by molar-refractivity contribution is 6.36. The molecule has 9 heteroatoms. The highest BCUT2D eigenvalue weighted by Crippen LogP contribution is 2.41. The first-order valence-corrected chi connectivity index (χ1v) is 10.7. The summed E-state index contributed by atoms with van der Waals surface area (Å²) in [6, 6.07) is 0.0449. The molecule has 5 rings (SSSR count). The van der Waals surface area contributed by atoms with Crippen LogP contribution in [0.1, 0.15) is 37.9 Å². The lowest BCUT2D eigenvalue weighted by Gasteiger charge is -2.34. The minimum absolute atomic E-state index is 0.0903. The van der Waals surface area contributed by atoms with Crippen molar-refractivity contribution in [2.75, 3.05) is 18.4 Å². The number of hydrogen-bond donors (Lipinski definition) is 2. The summed E-state index contributed by atoms with van der Waals surface area (Å²) in [4.78, 5) is 20.8. The molecule has 0 radical (unpaired) electrons. The van der Waals surface area contributed by atoms with Crippen molar-refractivity contribution in [1.29, 1.82) is 0 Å². The highest BCUT2D eigenvalue weighted by Gasteiger charge is 2.34. The fourth-order valence-corrected chi connectivity index (χ4v) is 4.56. The number of likely N-dealkylation sites (tertiary alicyclic amines) is 1. The zero-order valence-corrected chi connectivity index (χ0v) is 17.7. The van der Waals surface area contributed by atoms with Gasteiger partial charge in [-0.1, -0.05) is 11.6 Å². The summed E-state index contributed by atoms with van der Waals surface area (Å²) in [5.74, 6) is -0.0903. The molecule has 4 heterocycles. The molecule has 0 spiro atoms. The van der Waals surface area contributed by atoms with Crippen LogP contribution in [-0.4, -0.2) is 55.9 Å². The van der Waals surface area contributed by atoms with E-state index in [9.17, 15) is 9.18 Å². The summed E-state index contributed by atoms with van der Waals surface area (Å²) in [7, 11) is 0. The van der Waals surface area contributed by atoms with Gasteiger partial charge in [0.25, 0.3) is 0 Å². The minimum Gasteiger partial charge on any atom is -0.381 e. The quantitative estimate of drug-likeness (QED) is 0.653. The van der Waals surface area contributed by atoms with E-state index >= 15 is 0 Å². The first-order chi connectivity index (χ1) is 14.4. The third-order valence-corrected chi connectivity index (χ3v) is 6.48. The standard InChI is InChI=1S/C21H24ClFN6O/c1-11-14(8-26-29(11)18-5-6-28(12(2)30)10-17(18)23)15-7-24-21-19(16(22)9-25-21)20(15)27-13-3-4-13/h7-9,13,17-18H,3-6,10H2,1-2H3,(H2,24,25,27)/t17-,18-/m0/s1. The maximum absolute atomic E-state index is 14.9. The average molecular weight is 431 g/mol. The van der Waals surface area contributed by atoms with E-state index in [1.807, 2.05) is 13.1 Å². The van der Waals surface area contributed by atoms with Crippen molar-refractivity contribution in [2.24, 2.45) is 0 Å². The number of nitrogens with one attached hydrogen (secondary N) is 2. The number of rotatable bonds is 4. The number of aromatic amines is 1. The first-order valence-electron chi connectivity index (χ1n) is 10.3. The number of carbonyl (C=O) groups excluding carboxylic acids is 1. The van der Waals surface area contributed by atoms with Gasteiger partial charge in [-0.25, -0.2) is 9.37 Å². The van der Waals surface area contributed by atoms with Gasteiger partial charge in [-0.3, -0.25) is 9.48 Å². The number of alkyl halides is 1. The second-order valence-electron chi connectivity index (χ2n) is 8.25. The number of carbonyl (C=O) groups is 1. The zero-order chi connectivity index (χ0) is 21.0. The number of H-pyrrole nitrogens is 1. The number of nitrogens with zero attached hydrogens (tertiary/aromatic N) is 4. The number of fused-ring (bicyclic) bond motifs is 1. The second-order valence-corrected chi connectivity index (χ2v) is 8.66. The Labute approximate surface area is 178 Å². The van der Waals surface area contributed by atoms with Crippen LogP contribution in [0.25, 0.3) is 22.2 Å². The van der Waals surface area contributed by atoms with Crippen LogP contribution in [0.4, 0.5) is 10.1 Å². The summed E-state index contributed by atoms with van der Waals surface area (Å²) in [5, 5.41) is 9.62. The van der Waals surface area contributed by atoms with E-state index in [1.165, 1.54) is 6.92 Å². The Morgan fingerprint density at radius 1 is 1.30 bits per heavy atom. The van der Waals surface area contributed by atoms with Crippen LogP contribution in [-0.2, 0) is 4.79 Å². The molecule has 1 aliphatic carbocycles. The molecule has 0 unspecified atom stereocenters. The summed E-state index contributed by atoms with van der Waals surface area (Å²) in [5.41, 5.74) is 4.38. The number of amides is 1. The maximum Gasteiger partial charge on any atom is 0.219 e. The summed E-state index contributed by atoms with van der Waals surface area (Å²) in [6.07, 6.45) is 6.98. The van der Waals surface area contributed by atoms with Crippen molar-refractivity contribution in [3.63, 3.8) is 0 Å². The van der Waals surface area contributed by atoms with E-state index in [0.717, 1.165) is 46.4 Å². The molecular formula is C21H24ClFN6O. The van der Waals surface area contributed by atoms with Crippen molar-refractivity contribution in [3.05, 3.63) is 29.3 Å². The molecular weight excluding hydrogens is 407 g/mol. The van der Waals surface area contributed by atoms with Gasteiger partial charge in [-0.15, -0.1) is 0 Å². The molecule has 30 heavy (non-hydrogen) atoms. The number of halogens is 2. The van der Waals surface area contributed by atoms with E-state index in [-0.39, 0.29) is 18.5 Å². The van der Waals surface area contributed by atoms with Gasteiger partial charge in [0.1, 0.15) is 11.8 Å². The molecule has 0 bridgehead atoms.